The number of para-hydroxylation sites is 1. The van der Waals surface area contributed by atoms with Crippen molar-refractivity contribution in [3.8, 4) is 0 Å². The summed E-state index contributed by atoms with van der Waals surface area (Å²) in [6, 6.07) is 17.3. The summed E-state index contributed by atoms with van der Waals surface area (Å²) in [5.41, 5.74) is 4.07. The van der Waals surface area contributed by atoms with Crippen LogP contribution < -0.4 is 0 Å². The van der Waals surface area contributed by atoms with E-state index in [1.807, 2.05) is 0 Å². The summed E-state index contributed by atoms with van der Waals surface area (Å²) >= 11 is 3.50. The van der Waals surface area contributed by atoms with Crippen LogP contribution in [0, 0.1) is 0 Å². The number of likely N-dealkylation sites (N-methyl/N-ethyl adjacent to an activating group) is 1. The second-order valence-electron chi connectivity index (χ2n) is 5.98. The van der Waals surface area contributed by atoms with Crippen LogP contribution in [0.3, 0.4) is 0 Å². The van der Waals surface area contributed by atoms with Gasteiger partial charge in [-0.05, 0) is 49.8 Å². The van der Waals surface area contributed by atoms with Crippen LogP contribution in [0.2, 0.25) is 0 Å². The fraction of sp³-hybridized carbons (Fsp3) is 0.263. The zero-order chi connectivity index (χ0) is 15.5. The molecule has 0 spiro atoms. The monoisotopic (exact) mass is 356 g/mol. The van der Waals surface area contributed by atoms with Crippen molar-refractivity contribution in [3.05, 3.63) is 70.3 Å². The largest absolute Gasteiger partial charge is 0.343 e. The van der Waals surface area contributed by atoms with Gasteiger partial charge in [-0.15, -0.1) is 0 Å². The van der Waals surface area contributed by atoms with Gasteiger partial charge in [-0.2, -0.15) is 0 Å². The highest BCUT2D eigenvalue weighted by Crippen LogP contribution is 2.23. The third-order valence-corrected chi connectivity index (χ3v) is 4.49. The summed E-state index contributed by atoms with van der Waals surface area (Å²) in [6.45, 7) is 1.99. The molecule has 0 unspecified atom stereocenters. The van der Waals surface area contributed by atoms with E-state index in [0.29, 0.717) is 0 Å². The van der Waals surface area contributed by atoms with Crippen LogP contribution in [0.4, 0.5) is 0 Å². The van der Waals surface area contributed by atoms with Gasteiger partial charge in [0.15, 0.2) is 0 Å². The highest BCUT2D eigenvalue weighted by Gasteiger charge is 2.08. The highest BCUT2D eigenvalue weighted by molar-refractivity contribution is 9.10. The van der Waals surface area contributed by atoms with Gasteiger partial charge >= 0.3 is 0 Å². The molecular formula is C19H21BrN2. The molecule has 1 heterocycles. The number of aromatic nitrogens is 1. The van der Waals surface area contributed by atoms with Gasteiger partial charge in [0.05, 0.1) is 0 Å². The number of hydrogen-bond donors (Lipinski definition) is 0. The van der Waals surface area contributed by atoms with Crippen molar-refractivity contribution in [1.29, 1.82) is 0 Å². The Hall–Kier alpha value is -1.58. The minimum Gasteiger partial charge on any atom is -0.343 e. The number of fused-ring (bicyclic) bond motifs is 1. The first-order valence-electron chi connectivity index (χ1n) is 7.59. The average molecular weight is 357 g/mol. The number of nitrogens with zero attached hydrogens (tertiary/aromatic N) is 2. The zero-order valence-electron chi connectivity index (χ0n) is 13.1. The molecule has 22 heavy (non-hydrogen) atoms. The van der Waals surface area contributed by atoms with E-state index in [2.05, 4.69) is 94.2 Å². The first kappa shape index (κ1) is 15.3. The number of rotatable bonds is 5. The van der Waals surface area contributed by atoms with Crippen LogP contribution in [0.5, 0.6) is 0 Å². The van der Waals surface area contributed by atoms with Crippen molar-refractivity contribution >= 4 is 26.8 Å². The summed E-state index contributed by atoms with van der Waals surface area (Å²) < 4.78 is 3.49. The second-order valence-corrected chi connectivity index (χ2v) is 6.89. The third-order valence-electron chi connectivity index (χ3n) is 3.97. The first-order valence-corrected chi connectivity index (χ1v) is 8.39. The molecule has 3 aromatic rings. The van der Waals surface area contributed by atoms with Gasteiger partial charge < -0.3 is 9.47 Å². The maximum absolute atomic E-state index is 3.50. The molecule has 0 aliphatic heterocycles. The Balaban J connectivity index is 1.93. The molecule has 0 radical (unpaired) electrons. The summed E-state index contributed by atoms with van der Waals surface area (Å²) in [4.78, 5) is 2.24. The van der Waals surface area contributed by atoms with E-state index in [1.54, 1.807) is 0 Å². The van der Waals surface area contributed by atoms with E-state index < -0.39 is 0 Å². The van der Waals surface area contributed by atoms with Gasteiger partial charge in [-0.3, -0.25) is 0 Å². The average Bonchev–Trinajstić information content (AvgIpc) is 2.86. The van der Waals surface area contributed by atoms with Crippen molar-refractivity contribution in [2.24, 2.45) is 0 Å². The van der Waals surface area contributed by atoms with E-state index in [0.717, 1.165) is 24.0 Å². The Morgan fingerprint density at radius 2 is 1.73 bits per heavy atom. The lowest BCUT2D eigenvalue weighted by Gasteiger charge is -2.08. The van der Waals surface area contributed by atoms with Gasteiger partial charge in [0.1, 0.15) is 0 Å². The Kier molecular flexibility index (Phi) is 4.65. The molecule has 0 aliphatic carbocycles. The van der Waals surface area contributed by atoms with Gasteiger partial charge in [-0.1, -0.05) is 46.3 Å². The van der Waals surface area contributed by atoms with Crippen molar-refractivity contribution in [1.82, 2.24) is 9.47 Å². The molecule has 0 saturated carbocycles. The van der Waals surface area contributed by atoms with Gasteiger partial charge in [0.25, 0.3) is 0 Å². The maximum Gasteiger partial charge on any atom is 0.0486 e. The topological polar surface area (TPSA) is 8.17 Å². The molecular weight excluding hydrogens is 336 g/mol. The predicted molar refractivity (Wildman–Crippen MR) is 97.4 cm³/mol. The standard InChI is InChI=1S/C19H21BrN2/c1-21(2)12-11-16-14-22(19-6-4-3-5-18(16)19)13-15-7-9-17(20)10-8-15/h3-10,14H,11-13H2,1-2H3. The fourth-order valence-electron chi connectivity index (χ4n) is 2.78. The van der Waals surface area contributed by atoms with E-state index in [4.69, 9.17) is 0 Å². The van der Waals surface area contributed by atoms with E-state index in [9.17, 15) is 0 Å². The lowest BCUT2D eigenvalue weighted by atomic mass is 10.1. The van der Waals surface area contributed by atoms with Crippen molar-refractivity contribution in [3.63, 3.8) is 0 Å². The van der Waals surface area contributed by atoms with Crippen molar-refractivity contribution in [2.45, 2.75) is 13.0 Å². The lowest BCUT2D eigenvalue weighted by molar-refractivity contribution is 0.414. The van der Waals surface area contributed by atoms with Crippen LogP contribution in [-0.4, -0.2) is 30.1 Å². The lowest BCUT2D eigenvalue weighted by Crippen LogP contribution is -2.14. The minimum atomic E-state index is 0.912. The number of benzene rings is 2. The fourth-order valence-corrected chi connectivity index (χ4v) is 3.05. The van der Waals surface area contributed by atoms with Gasteiger partial charge in [0, 0.05) is 34.7 Å². The molecule has 3 rings (SSSR count). The molecule has 0 atom stereocenters. The quantitative estimate of drug-likeness (QED) is 0.650. The first-order chi connectivity index (χ1) is 10.6. The van der Waals surface area contributed by atoms with E-state index in [1.165, 1.54) is 22.0 Å². The summed E-state index contributed by atoms with van der Waals surface area (Å²) in [7, 11) is 4.25. The number of hydrogen-bond acceptors (Lipinski definition) is 1. The Labute approximate surface area is 140 Å². The highest BCUT2D eigenvalue weighted by atomic mass is 79.9. The van der Waals surface area contributed by atoms with Crippen molar-refractivity contribution < 1.29 is 0 Å². The Bertz CT molecular complexity index is 757. The molecule has 0 saturated heterocycles. The molecule has 0 bridgehead atoms. The molecule has 0 aliphatic rings. The van der Waals surface area contributed by atoms with Crippen LogP contribution in [0.25, 0.3) is 10.9 Å². The van der Waals surface area contributed by atoms with E-state index in [-0.39, 0.29) is 0 Å². The summed E-state index contributed by atoms with van der Waals surface area (Å²) in [5, 5.41) is 1.38. The SMILES string of the molecule is CN(C)CCc1cn(Cc2ccc(Br)cc2)c2ccccc12. The van der Waals surface area contributed by atoms with Crippen LogP contribution >= 0.6 is 15.9 Å². The van der Waals surface area contributed by atoms with Crippen LogP contribution in [-0.2, 0) is 13.0 Å². The zero-order valence-corrected chi connectivity index (χ0v) is 14.7. The second kappa shape index (κ2) is 6.67. The molecule has 0 amide bonds. The van der Waals surface area contributed by atoms with Gasteiger partial charge in [0.2, 0.25) is 0 Å². The summed E-state index contributed by atoms with van der Waals surface area (Å²) in [5.74, 6) is 0. The van der Waals surface area contributed by atoms with E-state index >= 15 is 0 Å². The van der Waals surface area contributed by atoms with Crippen molar-refractivity contribution in [2.75, 3.05) is 20.6 Å². The van der Waals surface area contributed by atoms with Crippen LogP contribution in [0.15, 0.2) is 59.2 Å². The minimum absolute atomic E-state index is 0.912. The smallest absolute Gasteiger partial charge is 0.0486 e. The molecule has 0 N–H and O–H groups in total. The molecule has 2 aromatic carbocycles. The molecule has 1 aromatic heterocycles. The Morgan fingerprint density at radius 3 is 2.45 bits per heavy atom. The van der Waals surface area contributed by atoms with Gasteiger partial charge in [-0.25, -0.2) is 0 Å². The maximum atomic E-state index is 3.50. The molecule has 0 fully saturated rings. The molecule has 114 valence electrons. The molecule has 2 nitrogen and oxygen atoms in total. The molecule has 3 heteroatoms. The number of halogens is 1. The normalized spacial score (nSPS) is 11.5. The Morgan fingerprint density at radius 1 is 1.00 bits per heavy atom. The van der Waals surface area contributed by atoms with Crippen LogP contribution in [0.1, 0.15) is 11.1 Å². The predicted octanol–water partition coefficient (Wildman–Crippen LogP) is 4.56. The summed E-state index contributed by atoms with van der Waals surface area (Å²) in [6.07, 6.45) is 3.40. The third kappa shape index (κ3) is 3.42.